The first-order valence-electron chi connectivity index (χ1n) is 37.1. The van der Waals surface area contributed by atoms with Crippen LogP contribution < -0.4 is 0 Å². The first-order chi connectivity index (χ1) is 47.7. The minimum Gasteiger partial charge on any atom is -0.462 e. The molecule has 0 aromatic rings. The van der Waals surface area contributed by atoms with Gasteiger partial charge in [-0.15, -0.1) is 0 Å². The highest BCUT2D eigenvalue weighted by molar-refractivity contribution is 7.47. The summed E-state index contributed by atoms with van der Waals surface area (Å²) in [4.78, 5) is 72.7. The fourth-order valence-electron chi connectivity index (χ4n) is 9.25. The SMILES string of the molecule is CC/C=C\C/C=C\C/C=C\C/C=C\CCCCC(=O)OCC(COP(=O)(O)OCC(O)COP(=O)(O)OCC(COC(=O)CCCC/C=C\C/C=C\C/C=C\C/C=C\CC)OC(=O)CCCCCCCCCCCCCCC)OC(=O)CCCC/C=C\C/C=C\C/C=C\C/C=C\CC. The lowest BCUT2D eigenvalue weighted by Gasteiger charge is -2.21. The summed E-state index contributed by atoms with van der Waals surface area (Å²) >= 11 is 0. The van der Waals surface area contributed by atoms with Crippen LogP contribution in [0.4, 0.5) is 0 Å². The Labute approximate surface area is 592 Å². The van der Waals surface area contributed by atoms with E-state index in [1.54, 1.807) is 0 Å². The number of aliphatic hydroxyl groups excluding tert-OH is 1. The van der Waals surface area contributed by atoms with Crippen molar-refractivity contribution < 1.29 is 80.2 Å². The molecule has 0 spiro atoms. The molecule has 558 valence electrons. The molecule has 0 saturated heterocycles. The van der Waals surface area contributed by atoms with Crippen LogP contribution in [0.3, 0.4) is 0 Å². The molecule has 0 rings (SSSR count). The van der Waals surface area contributed by atoms with Gasteiger partial charge in [0.05, 0.1) is 26.4 Å². The Morgan fingerprint density at radius 3 is 0.816 bits per heavy atom. The largest absolute Gasteiger partial charge is 0.472 e. The zero-order chi connectivity index (χ0) is 71.8. The minimum atomic E-state index is -5.00. The third-order valence-electron chi connectivity index (χ3n) is 14.8. The summed E-state index contributed by atoms with van der Waals surface area (Å²) in [5, 5.41) is 10.6. The fraction of sp³-hybridized carbons (Fsp3) is 0.646. The van der Waals surface area contributed by atoms with Gasteiger partial charge in [0.1, 0.15) is 19.3 Å². The molecule has 19 heteroatoms. The van der Waals surface area contributed by atoms with Crippen LogP contribution in [0.2, 0.25) is 0 Å². The van der Waals surface area contributed by atoms with E-state index in [1.807, 2.05) is 0 Å². The Kier molecular flexibility index (Phi) is 66.7. The van der Waals surface area contributed by atoms with Crippen molar-refractivity contribution >= 4 is 39.5 Å². The molecule has 0 bridgehead atoms. The summed E-state index contributed by atoms with van der Waals surface area (Å²) < 4.78 is 68.3. The Morgan fingerprint density at radius 1 is 0.296 bits per heavy atom. The number of rotatable bonds is 68. The molecule has 0 heterocycles. The van der Waals surface area contributed by atoms with Gasteiger partial charge in [0.15, 0.2) is 12.2 Å². The van der Waals surface area contributed by atoms with E-state index in [0.717, 1.165) is 135 Å². The molecule has 17 nitrogen and oxygen atoms in total. The number of ether oxygens (including phenoxy) is 4. The quantitative estimate of drug-likeness (QED) is 0.0169. The van der Waals surface area contributed by atoms with Gasteiger partial charge in [-0.2, -0.15) is 0 Å². The Hall–Kier alpha value is -5.06. The van der Waals surface area contributed by atoms with Crippen LogP contribution >= 0.6 is 15.6 Å². The number of hydrogen-bond donors (Lipinski definition) is 3. The summed E-state index contributed by atoms with van der Waals surface area (Å²) in [7, 11) is -9.99. The van der Waals surface area contributed by atoms with E-state index in [2.05, 4.69) is 174 Å². The molecular weight excluding hydrogens is 1280 g/mol. The van der Waals surface area contributed by atoms with Crippen LogP contribution in [0.25, 0.3) is 0 Å². The smallest absolute Gasteiger partial charge is 0.462 e. The van der Waals surface area contributed by atoms with Crippen molar-refractivity contribution in [2.75, 3.05) is 39.6 Å². The van der Waals surface area contributed by atoms with Gasteiger partial charge in [-0.25, -0.2) is 9.13 Å². The zero-order valence-electron chi connectivity index (χ0n) is 60.7. The highest BCUT2D eigenvalue weighted by atomic mass is 31.2. The average Bonchev–Trinajstić information content (AvgIpc) is 1.04. The number of esters is 4. The van der Waals surface area contributed by atoms with Crippen LogP contribution in [-0.4, -0.2) is 96.7 Å². The zero-order valence-corrected chi connectivity index (χ0v) is 62.4. The first-order valence-corrected chi connectivity index (χ1v) is 40.1. The predicted octanol–water partition coefficient (Wildman–Crippen LogP) is 21.1. The van der Waals surface area contributed by atoms with Gasteiger partial charge in [0, 0.05) is 25.7 Å². The summed E-state index contributed by atoms with van der Waals surface area (Å²) in [5.41, 5.74) is 0. The highest BCUT2D eigenvalue weighted by Crippen LogP contribution is 2.45. The van der Waals surface area contributed by atoms with E-state index in [1.165, 1.54) is 51.4 Å². The number of phosphoric ester groups is 2. The maximum atomic E-state index is 13.1. The molecule has 0 aromatic heterocycles. The fourth-order valence-corrected chi connectivity index (χ4v) is 10.8. The van der Waals surface area contributed by atoms with Crippen molar-refractivity contribution in [1.29, 1.82) is 0 Å². The molecule has 0 aliphatic rings. The van der Waals surface area contributed by atoms with Gasteiger partial charge >= 0.3 is 39.5 Å². The van der Waals surface area contributed by atoms with E-state index in [9.17, 15) is 43.2 Å². The van der Waals surface area contributed by atoms with E-state index in [0.29, 0.717) is 32.1 Å². The average molecular weight is 1410 g/mol. The van der Waals surface area contributed by atoms with Crippen LogP contribution in [0, 0.1) is 0 Å². The van der Waals surface area contributed by atoms with Gasteiger partial charge in [-0.05, 0) is 141 Å². The number of carbonyl (C=O) groups excluding carboxylic acids is 4. The van der Waals surface area contributed by atoms with Crippen molar-refractivity contribution in [3.8, 4) is 0 Å². The van der Waals surface area contributed by atoms with Gasteiger partial charge in [0.2, 0.25) is 0 Å². The number of carbonyl (C=O) groups is 4. The summed E-state index contributed by atoms with van der Waals surface area (Å²) in [6.07, 6.45) is 78.6. The number of hydrogen-bond acceptors (Lipinski definition) is 15. The van der Waals surface area contributed by atoms with E-state index in [-0.39, 0.29) is 25.7 Å². The van der Waals surface area contributed by atoms with Gasteiger partial charge in [-0.3, -0.25) is 37.3 Å². The van der Waals surface area contributed by atoms with E-state index in [4.69, 9.17) is 37.0 Å². The standard InChI is InChI=1S/C79H130O17P2/c1-5-9-13-17-21-25-29-33-36-40-43-47-51-55-59-63-76(81)89-69-74(95-78(83)65-61-57-53-49-45-39-32-28-24-20-16-12-8-4)71-93-97(85,86)91-67-73(80)68-92-98(87,88)94-72-75(96-79(84)66-62-58-54-50-46-42-38-35-31-27-23-19-15-11-7-3)70-90-77(82)64-60-56-52-48-44-41-37-34-30-26-22-18-14-10-6-2/h9-11,13-15,21-23,25-27,33-38,43-44,46-48,50,73-75,80H,5-8,12,16-20,24,28-32,39-42,45,49,51-72H2,1-4H3,(H,85,86)(H,87,88)/b13-9-,14-10-,15-11-,25-21-,26-22-,27-23-,36-33-,37-34-,38-35-,47-43-,48-44-,50-46-. The van der Waals surface area contributed by atoms with Crippen molar-refractivity contribution in [1.82, 2.24) is 0 Å². The normalized spacial score (nSPS) is 14.8. The molecule has 0 saturated carbocycles. The third-order valence-corrected chi connectivity index (χ3v) is 16.7. The monoisotopic (exact) mass is 1410 g/mol. The number of allylic oxidation sites excluding steroid dienone is 24. The van der Waals surface area contributed by atoms with Crippen molar-refractivity contribution in [3.05, 3.63) is 146 Å². The molecule has 0 amide bonds. The molecule has 0 radical (unpaired) electrons. The Morgan fingerprint density at radius 2 is 0.531 bits per heavy atom. The minimum absolute atomic E-state index is 0.0284. The molecule has 98 heavy (non-hydrogen) atoms. The number of aliphatic hydroxyl groups is 1. The third kappa shape index (κ3) is 69.4. The second-order valence-corrected chi connectivity index (χ2v) is 27.0. The Balaban J connectivity index is 5.46. The van der Waals surface area contributed by atoms with Crippen LogP contribution in [0.1, 0.15) is 272 Å². The second kappa shape index (κ2) is 70.4. The van der Waals surface area contributed by atoms with Gasteiger partial charge in [-0.1, -0.05) is 251 Å². The summed E-state index contributed by atoms with van der Waals surface area (Å²) in [6, 6.07) is 0. The lowest BCUT2D eigenvalue weighted by Crippen LogP contribution is -2.30. The van der Waals surface area contributed by atoms with Gasteiger partial charge in [0.25, 0.3) is 0 Å². The van der Waals surface area contributed by atoms with E-state index < -0.39 is 97.5 Å². The molecule has 5 atom stereocenters. The lowest BCUT2D eigenvalue weighted by atomic mass is 10.0. The van der Waals surface area contributed by atoms with Crippen LogP contribution in [0.5, 0.6) is 0 Å². The van der Waals surface area contributed by atoms with Crippen LogP contribution in [0.15, 0.2) is 146 Å². The van der Waals surface area contributed by atoms with E-state index >= 15 is 0 Å². The molecule has 0 aliphatic heterocycles. The Bertz CT molecular complexity index is 2430. The lowest BCUT2D eigenvalue weighted by molar-refractivity contribution is -0.161. The number of unbranched alkanes of at least 4 members (excludes halogenated alkanes) is 18. The van der Waals surface area contributed by atoms with Crippen molar-refractivity contribution in [2.45, 2.75) is 290 Å². The first kappa shape index (κ1) is 92.9. The molecule has 0 aliphatic carbocycles. The van der Waals surface area contributed by atoms with Crippen molar-refractivity contribution in [2.24, 2.45) is 0 Å². The topological polar surface area (TPSA) is 237 Å². The molecule has 0 fully saturated rings. The highest BCUT2D eigenvalue weighted by Gasteiger charge is 2.30. The maximum Gasteiger partial charge on any atom is 0.472 e. The van der Waals surface area contributed by atoms with Crippen LogP contribution in [-0.2, 0) is 65.4 Å². The molecular formula is C79H130O17P2. The van der Waals surface area contributed by atoms with Gasteiger partial charge < -0.3 is 33.8 Å². The predicted molar refractivity (Wildman–Crippen MR) is 399 cm³/mol. The number of phosphoric acid groups is 2. The summed E-state index contributed by atoms with van der Waals surface area (Å²) in [5.74, 6) is -2.33. The molecule has 3 N–H and O–H groups in total. The summed E-state index contributed by atoms with van der Waals surface area (Å²) in [6.45, 7) is 4.36. The van der Waals surface area contributed by atoms with Crippen molar-refractivity contribution in [3.63, 3.8) is 0 Å². The molecule has 5 unspecified atom stereocenters. The molecule has 0 aromatic carbocycles. The second-order valence-electron chi connectivity index (χ2n) is 24.1. The maximum absolute atomic E-state index is 13.1.